The van der Waals surface area contributed by atoms with Crippen molar-refractivity contribution in [3.05, 3.63) is 71.3 Å². The molecule has 0 saturated carbocycles. The molecular weight excluding hydrogens is 236 g/mol. The van der Waals surface area contributed by atoms with Gasteiger partial charge in [-0.3, -0.25) is 0 Å². The molecule has 0 aliphatic rings. The molecule has 0 aliphatic carbocycles. The number of halogens is 2. The summed E-state index contributed by atoms with van der Waals surface area (Å²) in [7, 11) is 0. The molecule has 0 aromatic heterocycles. The van der Waals surface area contributed by atoms with E-state index in [1.807, 2.05) is 0 Å². The van der Waals surface area contributed by atoms with Gasteiger partial charge in [0.25, 0.3) is 0 Å². The number of hydrogen-bond acceptors (Lipinski definition) is 2. The first-order valence-electron chi connectivity index (χ1n) is 5.33. The highest BCUT2D eigenvalue weighted by atomic mass is 19.1. The summed E-state index contributed by atoms with van der Waals surface area (Å²) < 4.78 is 25.8. The Bertz CT molecular complexity index is 538. The maximum atomic E-state index is 13.2. The van der Waals surface area contributed by atoms with Crippen LogP contribution in [0.5, 0.6) is 0 Å². The summed E-state index contributed by atoms with van der Waals surface area (Å²) in [6, 6.07) is 12.0. The number of rotatable bonds is 4. The average molecular weight is 246 g/mol. The maximum Gasteiger partial charge on any atom is 0.142 e. The molecule has 0 amide bonds. The van der Waals surface area contributed by atoms with Gasteiger partial charge in [-0.25, -0.2) is 8.78 Å². The van der Waals surface area contributed by atoms with E-state index in [-0.39, 0.29) is 18.0 Å². The minimum absolute atomic E-state index is 0.182. The van der Waals surface area contributed by atoms with Crippen LogP contribution in [0, 0.1) is 11.6 Å². The summed E-state index contributed by atoms with van der Waals surface area (Å²) >= 11 is 0. The van der Waals surface area contributed by atoms with Gasteiger partial charge in [0.2, 0.25) is 0 Å². The molecule has 2 aromatic carbocycles. The molecule has 0 bridgehead atoms. The van der Waals surface area contributed by atoms with Gasteiger partial charge in [0.05, 0.1) is 0 Å². The molecule has 0 atom stereocenters. The fourth-order valence-corrected chi connectivity index (χ4v) is 1.32. The highest BCUT2D eigenvalue weighted by Crippen LogP contribution is 2.05. The fourth-order valence-electron chi connectivity index (χ4n) is 1.32. The minimum Gasteiger partial charge on any atom is -0.390 e. The van der Waals surface area contributed by atoms with E-state index in [1.165, 1.54) is 18.2 Å². The second-order valence-corrected chi connectivity index (χ2v) is 3.58. The third-order valence-electron chi connectivity index (χ3n) is 2.25. The first-order chi connectivity index (χ1) is 8.75. The third kappa shape index (κ3) is 3.38. The van der Waals surface area contributed by atoms with E-state index in [9.17, 15) is 8.78 Å². The van der Waals surface area contributed by atoms with Crippen molar-refractivity contribution >= 4 is 6.21 Å². The van der Waals surface area contributed by atoms with E-state index in [2.05, 4.69) is 11.4 Å². The maximum absolute atomic E-state index is 13.2. The van der Waals surface area contributed by atoms with E-state index < -0.39 is 5.82 Å². The zero-order valence-corrected chi connectivity index (χ0v) is 9.44. The second kappa shape index (κ2) is 5.91. The lowest BCUT2D eigenvalue weighted by molar-refractivity contribution is 0.132. The van der Waals surface area contributed by atoms with Gasteiger partial charge in [0.15, 0.2) is 0 Å². The van der Waals surface area contributed by atoms with Crippen LogP contribution in [0.15, 0.2) is 53.7 Å². The van der Waals surface area contributed by atoms with E-state index >= 15 is 0 Å². The molecule has 18 heavy (non-hydrogen) atoms. The van der Waals surface area contributed by atoms with Crippen molar-refractivity contribution in [3.8, 4) is 0 Å². The zero-order valence-electron chi connectivity index (χ0n) is 9.44. The van der Waals surface area contributed by atoms with Crippen LogP contribution >= 0.6 is 0 Å². The third-order valence-corrected chi connectivity index (χ3v) is 2.25. The quantitative estimate of drug-likeness (QED) is 0.598. The van der Waals surface area contributed by atoms with Gasteiger partial charge >= 0.3 is 0 Å². The second-order valence-electron chi connectivity index (χ2n) is 3.58. The SMILES string of the molecule is Fc1ccc(CO/N=[C]\c2ccccc2F)cc1. The van der Waals surface area contributed by atoms with E-state index in [4.69, 9.17) is 4.84 Å². The van der Waals surface area contributed by atoms with Crippen molar-refractivity contribution in [1.82, 2.24) is 0 Å². The van der Waals surface area contributed by atoms with Crippen molar-refractivity contribution in [2.24, 2.45) is 5.16 Å². The van der Waals surface area contributed by atoms with Gasteiger partial charge in [0.1, 0.15) is 24.5 Å². The van der Waals surface area contributed by atoms with E-state index in [0.29, 0.717) is 0 Å². The molecule has 1 radical (unpaired) electrons. The summed E-state index contributed by atoms with van der Waals surface area (Å²) in [5.74, 6) is -0.716. The molecular formula is C14H10F2NO. The van der Waals surface area contributed by atoms with Gasteiger partial charge in [-0.05, 0) is 29.8 Å². The fraction of sp³-hybridized carbons (Fsp3) is 0.0714. The Morgan fingerprint density at radius 1 is 1.00 bits per heavy atom. The molecule has 2 rings (SSSR count). The Hall–Kier alpha value is -2.23. The van der Waals surface area contributed by atoms with Gasteiger partial charge < -0.3 is 4.84 Å². The highest BCUT2D eigenvalue weighted by Gasteiger charge is 1.97. The lowest BCUT2D eigenvalue weighted by atomic mass is 10.2. The lowest BCUT2D eigenvalue weighted by Crippen LogP contribution is -1.90. The molecule has 0 N–H and O–H groups in total. The first kappa shape index (κ1) is 12.2. The van der Waals surface area contributed by atoms with Crippen molar-refractivity contribution in [2.45, 2.75) is 6.61 Å². The lowest BCUT2D eigenvalue weighted by Gasteiger charge is -1.99. The van der Waals surface area contributed by atoms with Crippen LogP contribution in [0.2, 0.25) is 0 Å². The molecule has 0 spiro atoms. The van der Waals surface area contributed by atoms with Crippen LogP contribution < -0.4 is 0 Å². The predicted octanol–water partition coefficient (Wildman–Crippen LogP) is 3.39. The smallest absolute Gasteiger partial charge is 0.142 e. The Labute approximate surface area is 104 Å². The molecule has 0 saturated heterocycles. The standard InChI is InChI=1S/C14H10F2NO/c15-13-7-5-11(6-8-13)10-18-17-9-12-3-1-2-4-14(12)16/h1-8H,10H2. The van der Waals surface area contributed by atoms with Crippen LogP contribution in [-0.4, -0.2) is 6.21 Å². The van der Waals surface area contributed by atoms with Gasteiger partial charge in [-0.1, -0.05) is 29.4 Å². The number of hydrogen-bond donors (Lipinski definition) is 0. The Morgan fingerprint density at radius 2 is 1.72 bits per heavy atom. The number of benzene rings is 2. The predicted molar refractivity (Wildman–Crippen MR) is 64.1 cm³/mol. The van der Waals surface area contributed by atoms with Crippen molar-refractivity contribution in [1.29, 1.82) is 0 Å². The van der Waals surface area contributed by atoms with Gasteiger partial charge in [0, 0.05) is 5.56 Å². The van der Waals surface area contributed by atoms with Crippen LogP contribution in [0.4, 0.5) is 8.78 Å². The number of nitrogens with zero attached hydrogens (tertiary/aromatic N) is 1. The molecule has 0 fully saturated rings. The molecule has 0 unspecified atom stereocenters. The topological polar surface area (TPSA) is 21.6 Å². The largest absolute Gasteiger partial charge is 0.390 e. The molecule has 0 aliphatic heterocycles. The van der Waals surface area contributed by atoms with Crippen LogP contribution in [0.25, 0.3) is 0 Å². The summed E-state index contributed by atoms with van der Waals surface area (Å²) in [5.41, 5.74) is 1.01. The monoisotopic (exact) mass is 246 g/mol. The summed E-state index contributed by atoms with van der Waals surface area (Å²) in [4.78, 5) is 4.94. The summed E-state index contributed by atoms with van der Waals surface area (Å²) in [6.07, 6.45) is 2.45. The van der Waals surface area contributed by atoms with Gasteiger partial charge in [-0.15, -0.1) is 0 Å². The molecule has 2 nitrogen and oxygen atoms in total. The highest BCUT2D eigenvalue weighted by molar-refractivity contribution is 5.79. The Balaban J connectivity index is 1.89. The summed E-state index contributed by atoms with van der Waals surface area (Å²) in [5, 5.41) is 3.54. The molecule has 4 heteroatoms. The van der Waals surface area contributed by atoms with Crippen molar-refractivity contribution in [2.75, 3.05) is 0 Å². The summed E-state index contributed by atoms with van der Waals surface area (Å²) in [6.45, 7) is 0.182. The van der Waals surface area contributed by atoms with Crippen molar-refractivity contribution in [3.63, 3.8) is 0 Å². The van der Waals surface area contributed by atoms with Gasteiger partial charge in [-0.2, -0.15) is 0 Å². The average Bonchev–Trinajstić information content (AvgIpc) is 2.39. The minimum atomic E-state index is -0.411. The Morgan fingerprint density at radius 3 is 2.44 bits per heavy atom. The first-order valence-corrected chi connectivity index (χ1v) is 5.33. The Kier molecular flexibility index (Phi) is 4.02. The van der Waals surface area contributed by atoms with Crippen LogP contribution in [0.3, 0.4) is 0 Å². The molecule has 2 aromatic rings. The van der Waals surface area contributed by atoms with E-state index in [0.717, 1.165) is 5.56 Å². The molecule has 0 heterocycles. The van der Waals surface area contributed by atoms with Crippen LogP contribution in [0.1, 0.15) is 11.1 Å². The van der Waals surface area contributed by atoms with E-state index in [1.54, 1.807) is 30.3 Å². The zero-order chi connectivity index (χ0) is 12.8. The van der Waals surface area contributed by atoms with Crippen molar-refractivity contribution < 1.29 is 13.6 Å². The normalized spacial score (nSPS) is 10.8. The molecule has 91 valence electrons. The van der Waals surface area contributed by atoms with Crippen LogP contribution in [-0.2, 0) is 11.4 Å².